The Morgan fingerprint density at radius 3 is 2.57 bits per heavy atom. The molecule has 6 nitrogen and oxygen atoms in total. The minimum absolute atomic E-state index is 0.0364. The van der Waals surface area contributed by atoms with Gasteiger partial charge in [-0.25, -0.2) is 17.8 Å². The Labute approximate surface area is 169 Å². The van der Waals surface area contributed by atoms with Crippen molar-refractivity contribution >= 4 is 55.8 Å². The molecule has 0 bridgehead atoms. The summed E-state index contributed by atoms with van der Waals surface area (Å²) in [5, 5.41) is 4.71. The summed E-state index contributed by atoms with van der Waals surface area (Å²) in [6.45, 7) is 0. The maximum Gasteiger partial charge on any atom is 0.263 e. The molecular weight excluding hydrogens is 425 g/mol. The van der Waals surface area contributed by atoms with Gasteiger partial charge in [-0.2, -0.15) is 0 Å². The molecule has 0 radical (unpaired) electrons. The van der Waals surface area contributed by atoms with Crippen LogP contribution in [0.3, 0.4) is 0 Å². The van der Waals surface area contributed by atoms with Crippen LogP contribution in [0.25, 0.3) is 6.08 Å². The number of hydrogen-bond donors (Lipinski definition) is 2. The molecular formula is C18H13ClFN3O3S2. The molecule has 144 valence electrons. The lowest BCUT2D eigenvalue weighted by molar-refractivity contribution is -0.111. The highest BCUT2D eigenvalue weighted by atomic mass is 35.5. The van der Waals surface area contributed by atoms with Gasteiger partial charge in [0.25, 0.3) is 10.0 Å². The second kappa shape index (κ2) is 8.51. The summed E-state index contributed by atoms with van der Waals surface area (Å²) in [6, 6.07) is 9.51. The van der Waals surface area contributed by atoms with Crippen molar-refractivity contribution in [1.82, 2.24) is 4.98 Å². The number of amides is 1. The van der Waals surface area contributed by atoms with E-state index in [4.69, 9.17) is 11.6 Å². The van der Waals surface area contributed by atoms with Crippen LogP contribution in [0.2, 0.25) is 5.02 Å². The molecule has 2 N–H and O–H groups in total. The molecule has 0 atom stereocenters. The number of carbonyl (C=O) groups excluding carboxylic acids is 1. The number of aromatic nitrogens is 1. The Hall–Kier alpha value is -2.75. The number of nitrogens with one attached hydrogen (secondary N) is 2. The number of anilines is 2. The number of sulfonamides is 1. The van der Waals surface area contributed by atoms with E-state index in [0.29, 0.717) is 11.3 Å². The first-order valence-electron chi connectivity index (χ1n) is 7.80. The van der Waals surface area contributed by atoms with Crippen LogP contribution in [-0.2, 0) is 14.8 Å². The van der Waals surface area contributed by atoms with Gasteiger partial charge in [0.1, 0.15) is 5.82 Å². The van der Waals surface area contributed by atoms with Crippen LogP contribution in [0.15, 0.2) is 65.0 Å². The highest BCUT2D eigenvalue weighted by Crippen LogP contribution is 2.20. The van der Waals surface area contributed by atoms with Crippen LogP contribution in [-0.4, -0.2) is 19.3 Å². The van der Waals surface area contributed by atoms with E-state index in [9.17, 15) is 17.6 Å². The summed E-state index contributed by atoms with van der Waals surface area (Å²) in [4.78, 5) is 15.9. The van der Waals surface area contributed by atoms with Gasteiger partial charge in [0, 0.05) is 23.3 Å². The first-order valence-corrected chi connectivity index (χ1v) is 10.5. The molecule has 1 amide bonds. The van der Waals surface area contributed by atoms with Crippen LogP contribution in [0, 0.1) is 5.82 Å². The summed E-state index contributed by atoms with van der Waals surface area (Å²) in [5.41, 5.74) is 0.904. The zero-order valence-electron chi connectivity index (χ0n) is 14.1. The Balaban J connectivity index is 1.65. The first-order chi connectivity index (χ1) is 13.3. The van der Waals surface area contributed by atoms with Crippen molar-refractivity contribution in [3.63, 3.8) is 0 Å². The fourth-order valence-electron chi connectivity index (χ4n) is 2.15. The second-order valence-corrected chi connectivity index (χ2v) is 8.44. The average Bonchev–Trinajstić information content (AvgIpc) is 3.14. The molecule has 1 aromatic heterocycles. The Bertz CT molecular complexity index is 1120. The normalized spacial score (nSPS) is 11.5. The molecule has 0 unspecified atom stereocenters. The van der Waals surface area contributed by atoms with Crippen LogP contribution in [0.5, 0.6) is 0 Å². The minimum atomic E-state index is -3.76. The van der Waals surface area contributed by atoms with Crippen LogP contribution in [0.1, 0.15) is 5.56 Å². The Morgan fingerprint density at radius 2 is 1.93 bits per heavy atom. The fraction of sp³-hybridized carbons (Fsp3) is 0. The lowest BCUT2D eigenvalue weighted by atomic mass is 10.2. The predicted molar refractivity (Wildman–Crippen MR) is 108 cm³/mol. The maximum absolute atomic E-state index is 13.0. The quantitative estimate of drug-likeness (QED) is 0.560. The first kappa shape index (κ1) is 20.0. The van der Waals surface area contributed by atoms with E-state index in [1.54, 1.807) is 5.38 Å². The standard InChI is InChI=1S/C18H13ClFN3O3S2/c19-16-11-13(20)3-1-12(16)2-8-17(24)22-14-4-6-15(7-5-14)28(25,26)23-18-21-9-10-27-18/h1-11H,(H,21,23)(H,22,24). The third kappa shape index (κ3) is 5.16. The summed E-state index contributed by atoms with van der Waals surface area (Å²) in [6.07, 6.45) is 4.19. The van der Waals surface area contributed by atoms with Crippen molar-refractivity contribution in [3.05, 3.63) is 76.5 Å². The zero-order valence-corrected chi connectivity index (χ0v) is 16.5. The van der Waals surface area contributed by atoms with Crippen LogP contribution >= 0.6 is 22.9 Å². The maximum atomic E-state index is 13.0. The van der Waals surface area contributed by atoms with Crippen LogP contribution in [0.4, 0.5) is 15.2 Å². The van der Waals surface area contributed by atoms with Crippen LogP contribution < -0.4 is 10.0 Å². The summed E-state index contributed by atoms with van der Waals surface area (Å²) in [7, 11) is -3.76. The highest BCUT2D eigenvalue weighted by molar-refractivity contribution is 7.93. The number of nitrogens with zero attached hydrogens (tertiary/aromatic N) is 1. The van der Waals surface area contributed by atoms with Gasteiger partial charge in [-0.15, -0.1) is 11.3 Å². The molecule has 0 fully saturated rings. The van der Waals surface area contributed by atoms with Gasteiger partial charge < -0.3 is 5.32 Å². The van der Waals surface area contributed by atoms with Crippen molar-refractivity contribution in [2.75, 3.05) is 10.0 Å². The monoisotopic (exact) mass is 437 g/mol. The molecule has 1 heterocycles. The van der Waals surface area contributed by atoms with Crippen molar-refractivity contribution < 1.29 is 17.6 Å². The van der Waals surface area contributed by atoms with E-state index < -0.39 is 21.7 Å². The summed E-state index contributed by atoms with van der Waals surface area (Å²) in [5.74, 6) is -0.914. The topological polar surface area (TPSA) is 88.2 Å². The third-order valence-electron chi connectivity index (χ3n) is 3.46. The second-order valence-electron chi connectivity index (χ2n) is 5.46. The van der Waals surface area contributed by atoms with Gasteiger partial charge in [-0.1, -0.05) is 17.7 Å². The number of halogens is 2. The number of carbonyl (C=O) groups is 1. The molecule has 3 aromatic rings. The smallest absolute Gasteiger partial charge is 0.263 e. The molecule has 0 aliphatic carbocycles. The van der Waals surface area contributed by atoms with Crippen molar-refractivity contribution in [2.24, 2.45) is 0 Å². The van der Waals surface area contributed by atoms with E-state index in [1.807, 2.05) is 0 Å². The number of benzene rings is 2. The molecule has 3 rings (SSSR count). The predicted octanol–water partition coefficient (Wildman–Crippen LogP) is 4.39. The van der Waals surface area contributed by atoms with E-state index in [2.05, 4.69) is 15.0 Å². The van der Waals surface area contributed by atoms with E-state index in [0.717, 1.165) is 6.07 Å². The number of hydrogen-bond acceptors (Lipinski definition) is 5. The molecule has 10 heteroatoms. The summed E-state index contributed by atoms with van der Waals surface area (Å²) < 4.78 is 39.9. The average molecular weight is 438 g/mol. The molecule has 0 spiro atoms. The largest absolute Gasteiger partial charge is 0.323 e. The SMILES string of the molecule is O=C(C=Cc1ccc(F)cc1Cl)Nc1ccc(S(=O)(=O)Nc2nccs2)cc1. The van der Waals surface area contributed by atoms with Gasteiger partial charge in [0.2, 0.25) is 5.91 Å². The number of rotatable bonds is 6. The Kier molecular flexibility index (Phi) is 6.08. The highest BCUT2D eigenvalue weighted by Gasteiger charge is 2.15. The lowest BCUT2D eigenvalue weighted by Gasteiger charge is -2.07. The van der Waals surface area contributed by atoms with E-state index in [1.165, 1.54) is 66.1 Å². The third-order valence-corrected chi connectivity index (χ3v) is 5.96. The summed E-state index contributed by atoms with van der Waals surface area (Å²) >= 11 is 7.06. The zero-order chi connectivity index (χ0) is 20.1. The van der Waals surface area contributed by atoms with Gasteiger partial charge in [-0.3, -0.25) is 9.52 Å². The molecule has 0 saturated heterocycles. The van der Waals surface area contributed by atoms with Gasteiger partial charge in [0.15, 0.2) is 5.13 Å². The minimum Gasteiger partial charge on any atom is -0.323 e. The molecule has 0 saturated carbocycles. The van der Waals surface area contributed by atoms with Crippen molar-refractivity contribution in [2.45, 2.75) is 4.90 Å². The molecule has 2 aromatic carbocycles. The fourth-order valence-corrected chi connectivity index (χ4v) is 4.17. The lowest BCUT2D eigenvalue weighted by Crippen LogP contribution is -2.13. The van der Waals surface area contributed by atoms with E-state index >= 15 is 0 Å². The van der Waals surface area contributed by atoms with Gasteiger partial charge >= 0.3 is 0 Å². The molecule has 28 heavy (non-hydrogen) atoms. The Morgan fingerprint density at radius 1 is 1.18 bits per heavy atom. The van der Waals surface area contributed by atoms with Crippen molar-refractivity contribution in [1.29, 1.82) is 0 Å². The number of thiazole rings is 1. The molecule has 0 aliphatic rings. The van der Waals surface area contributed by atoms with Gasteiger partial charge in [0.05, 0.1) is 9.92 Å². The molecule has 0 aliphatic heterocycles. The van der Waals surface area contributed by atoms with E-state index in [-0.39, 0.29) is 15.0 Å². The van der Waals surface area contributed by atoms with Crippen molar-refractivity contribution in [3.8, 4) is 0 Å². The van der Waals surface area contributed by atoms with Gasteiger partial charge in [-0.05, 0) is 48.0 Å².